The number of nitrogens with one attached hydrogen (secondary N) is 1. The van der Waals surface area contributed by atoms with Gasteiger partial charge in [0.1, 0.15) is 5.54 Å². The maximum Gasteiger partial charge on any atom is 0.406 e. The molecule has 0 bridgehead atoms. The standard InChI is InChI=1S/C17H16F3N/c18-17(19,20)16(10-11-16)21-12-13-6-8-15(9-7-13)14-4-2-1-3-5-14/h1-9,21H,10-12H2. The largest absolute Gasteiger partial charge is 0.406 e. The summed E-state index contributed by atoms with van der Waals surface area (Å²) >= 11 is 0. The van der Waals surface area contributed by atoms with E-state index < -0.39 is 11.7 Å². The summed E-state index contributed by atoms with van der Waals surface area (Å²) < 4.78 is 38.5. The van der Waals surface area contributed by atoms with Crippen LogP contribution in [0, 0.1) is 0 Å². The molecule has 0 aromatic heterocycles. The van der Waals surface area contributed by atoms with Crippen molar-refractivity contribution >= 4 is 0 Å². The minimum absolute atomic E-state index is 0.179. The highest BCUT2D eigenvalue weighted by atomic mass is 19.4. The summed E-state index contributed by atoms with van der Waals surface area (Å²) in [6, 6.07) is 17.5. The van der Waals surface area contributed by atoms with Crippen LogP contribution in [0.3, 0.4) is 0 Å². The molecule has 0 amide bonds. The van der Waals surface area contributed by atoms with E-state index in [1.807, 2.05) is 54.6 Å². The van der Waals surface area contributed by atoms with Crippen LogP contribution in [0.2, 0.25) is 0 Å². The van der Waals surface area contributed by atoms with E-state index in [0.29, 0.717) is 0 Å². The van der Waals surface area contributed by atoms with Crippen LogP contribution in [0.5, 0.6) is 0 Å². The van der Waals surface area contributed by atoms with E-state index in [4.69, 9.17) is 0 Å². The molecule has 0 radical (unpaired) electrons. The molecule has 1 saturated carbocycles. The second kappa shape index (κ2) is 5.19. The van der Waals surface area contributed by atoms with Crippen molar-refractivity contribution in [1.29, 1.82) is 0 Å². The van der Waals surface area contributed by atoms with Gasteiger partial charge in [-0.15, -0.1) is 0 Å². The Morgan fingerprint density at radius 1 is 0.857 bits per heavy atom. The van der Waals surface area contributed by atoms with Crippen LogP contribution < -0.4 is 5.32 Å². The Morgan fingerprint density at radius 2 is 1.43 bits per heavy atom. The van der Waals surface area contributed by atoms with Crippen LogP contribution in [0.15, 0.2) is 54.6 Å². The number of alkyl halides is 3. The van der Waals surface area contributed by atoms with Crippen molar-refractivity contribution in [3.63, 3.8) is 0 Å². The average molecular weight is 291 g/mol. The topological polar surface area (TPSA) is 12.0 Å². The third kappa shape index (κ3) is 2.95. The number of halogens is 3. The lowest BCUT2D eigenvalue weighted by molar-refractivity contribution is -0.166. The minimum Gasteiger partial charge on any atom is -0.299 e. The van der Waals surface area contributed by atoms with Crippen LogP contribution in [0.4, 0.5) is 13.2 Å². The number of rotatable bonds is 4. The molecule has 0 heterocycles. The molecule has 1 aliphatic carbocycles. The Morgan fingerprint density at radius 3 is 1.95 bits per heavy atom. The first kappa shape index (κ1) is 14.1. The molecule has 2 aromatic rings. The molecule has 0 spiro atoms. The molecule has 1 fully saturated rings. The van der Waals surface area contributed by atoms with Crippen molar-refractivity contribution in [2.24, 2.45) is 0 Å². The van der Waals surface area contributed by atoms with Crippen LogP contribution in [-0.4, -0.2) is 11.7 Å². The van der Waals surface area contributed by atoms with E-state index in [2.05, 4.69) is 5.32 Å². The van der Waals surface area contributed by atoms with Gasteiger partial charge in [-0.3, -0.25) is 5.32 Å². The van der Waals surface area contributed by atoms with Crippen LogP contribution in [0.1, 0.15) is 18.4 Å². The lowest BCUT2D eigenvalue weighted by Gasteiger charge is -2.20. The molecule has 0 atom stereocenters. The van der Waals surface area contributed by atoms with E-state index in [1.165, 1.54) is 0 Å². The van der Waals surface area contributed by atoms with Crippen molar-refractivity contribution in [3.8, 4) is 11.1 Å². The Balaban J connectivity index is 1.66. The smallest absolute Gasteiger partial charge is 0.299 e. The number of hydrogen-bond donors (Lipinski definition) is 1. The monoisotopic (exact) mass is 291 g/mol. The molecular weight excluding hydrogens is 275 g/mol. The van der Waals surface area contributed by atoms with Crippen molar-refractivity contribution < 1.29 is 13.2 Å². The predicted molar refractivity (Wildman–Crippen MR) is 76.7 cm³/mol. The zero-order valence-corrected chi connectivity index (χ0v) is 11.5. The fourth-order valence-electron chi connectivity index (χ4n) is 2.40. The highest BCUT2D eigenvalue weighted by Crippen LogP contribution is 2.49. The van der Waals surface area contributed by atoms with Gasteiger partial charge in [-0.1, -0.05) is 54.6 Å². The summed E-state index contributed by atoms with van der Waals surface area (Å²) in [5, 5.41) is 2.66. The predicted octanol–water partition coefficient (Wildman–Crippen LogP) is 4.54. The second-order valence-corrected chi connectivity index (χ2v) is 5.50. The van der Waals surface area contributed by atoms with Crippen LogP contribution >= 0.6 is 0 Å². The number of benzene rings is 2. The van der Waals surface area contributed by atoms with Crippen LogP contribution in [0.25, 0.3) is 11.1 Å². The molecular formula is C17H16F3N. The van der Waals surface area contributed by atoms with Gasteiger partial charge < -0.3 is 0 Å². The molecule has 0 saturated heterocycles. The molecule has 1 N–H and O–H groups in total. The maximum atomic E-state index is 12.8. The average Bonchev–Trinajstić information content (AvgIpc) is 3.28. The van der Waals surface area contributed by atoms with Gasteiger partial charge in [0, 0.05) is 6.54 Å². The highest BCUT2D eigenvalue weighted by Gasteiger charge is 2.62. The lowest BCUT2D eigenvalue weighted by Crippen LogP contribution is -2.44. The highest BCUT2D eigenvalue weighted by molar-refractivity contribution is 5.63. The Hall–Kier alpha value is -1.81. The van der Waals surface area contributed by atoms with E-state index in [1.54, 1.807) is 0 Å². The van der Waals surface area contributed by atoms with E-state index >= 15 is 0 Å². The summed E-state index contributed by atoms with van der Waals surface area (Å²) in [7, 11) is 0. The SMILES string of the molecule is FC(F)(F)C1(NCc2ccc(-c3ccccc3)cc2)CC1. The first-order valence-electron chi connectivity index (χ1n) is 6.96. The molecule has 1 nitrogen and oxygen atoms in total. The van der Waals surface area contributed by atoms with Crippen molar-refractivity contribution in [3.05, 3.63) is 60.2 Å². The Kier molecular flexibility index (Phi) is 3.49. The summed E-state index contributed by atoms with van der Waals surface area (Å²) in [5.74, 6) is 0. The summed E-state index contributed by atoms with van der Waals surface area (Å²) in [4.78, 5) is 0. The number of hydrogen-bond acceptors (Lipinski definition) is 1. The fourth-order valence-corrected chi connectivity index (χ4v) is 2.40. The summed E-state index contributed by atoms with van der Waals surface area (Å²) in [6.07, 6.45) is -3.80. The van der Waals surface area contributed by atoms with Gasteiger partial charge in [0.05, 0.1) is 0 Å². The van der Waals surface area contributed by atoms with Gasteiger partial charge in [-0.2, -0.15) is 13.2 Å². The Bertz CT molecular complexity index is 598. The van der Waals surface area contributed by atoms with Gasteiger partial charge in [0.15, 0.2) is 0 Å². The zero-order valence-electron chi connectivity index (χ0n) is 11.5. The fraction of sp³-hybridized carbons (Fsp3) is 0.294. The molecule has 2 aromatic carbocycles. The van der Waals surface area contributed by atoms with E-state index in [9.17, 15) is 13.2 Å². The van der Waals surface area contributed by atoms with Gasteiger partial charge in [-0.05, 0) is 29.5 Å². The normalized spacial score (nSPS) is 16.7. The third-order valence-corrected chi connectivity index (χ3v) is 3.98. The van der Waals surface area contributed by atoms with Gasteiger partial charge >= 0.3 is 6.18 Å². The van der Waals surface area contributed by atoms with Gasteiger partial charge in [0.25, 0.3) is 0 Å². The zero-order chi connectivity index (χ0) is 14.9. The van der Waals surface area contributed by atoms with Gasteiger partial charge in [0.2, 0.25) is 0 Å². The molecule has 110 valence electrons. The minimum atomic E-state index is -4.16. The molecule has 21 heavy (non-hydrogen) atoms. The van der Waals surface area contributed by atoms with Gasteiger partial charge in [-0.25, -0.2) is 0 Å². The first-order valence-corrected chi connectivity index (χ1v) is 6.96. The van der Waals surface area contributed by atoms with Crippen molar-refractivity contribution in [2.75, 3.05) is 0 Å². The van der Waals surface area contributed by atoms with Crippen LogP contribution in [-0.2, 0) is 6.54 Å². The first-order chi connectivity index (χ1) is 10.0. The van der Waals surface area contributed by atoms with Crippen molar-refractivity contribution in [2.45, 2.75) is 31.1 Å². The summed E-state index contributed by atoms with van der Waals surface area (Å²) in [5.41, 5.74) is 1.39. The Labute approximate surface area is 121 Å². The molecule has 4 heteroatoms. The van der Waals surface area contributed by atoms with Crippen molar-refractivity contribution in [1.82, 2.24) is 5.32 Å². The maximum absolute atomic E-state index is 12.8. The van der Waals surface area contributed by atoms with E-state index in [-0.39, 0.29) is 19.4 Å². The lowest BCUT2D eigenvalue weighted by atomic mass is 10.0. The molecule has 1 aliphatic rings. The second-order valence-electron chi connectivity index (χ2n) is 5.50. The van der Waals surface area contributed by atoms with E-state index in [0.717, 1.165) is 16.7 Å². The third-order valence-electron chi connectivity index (χ3n) is 3.98. The molecule has 3 rings (SSSR count). The summed E-state index contributed by atoms with van der Waals surface area (Å²) in [6.45, 7) is 0.245. The molecule has 0 aliphatic heterocycles. The molecule has 0 unspecified atom stereocenters. The quantitative estimate of drug-likeness (QED) is 0.872.